The van der Waals surface area contributed by atoms with Crippen molar-refractivity contribution in [3.8, 4) is 0 Å². The lowest BCUT2D eigenvalue weighted by atomic mass is 10.1. The van der Waals surface area contributed by atoms with Crippen LogP contribution >= 0.6 is 0 Å². The molecular formula is C20H22N4O9. The second-order valence-electron chi connectivity index (χ2n) is 7.18. The fourth-order valence-corrected chi connectivity index (χ4v) is 3.24. The minimum absolute atomic E-state index is 0.273. The molecule has 0 fully saturated rings. The number of hydrogen-bond acceptors (Lipinski definition) is 9. The van der Waals surface area contributed by atoms with Crippen molar-refractivity contribution in [2.24, 2.45) is 0 Å². The molecule has 0 atom stereocenters. The Morgan fingerprint density at radius 1 is 0.576 bits per heavy atom. The second-order valence-corrected chi connectivity index (χ2v) is 7.18. The van der Waals surface area contributed by atoms with Crippen LogP contribution in [0.25, 0.3) is 0 Å². The molecule has 13 heteroatoms. The number of nitro benzene ring substituents is 4. The van der Waals surface area contributed by atoms with Crippen LogP contribution in [0.1, 0.15) is 36.8 Å². The smallest absolute Gasteiger partial charge is 0.279 e. The maximum absolute atomic E-state index is 11.1. The predicted molar refractivity (Wildman–Crippen MR) is 116 cm³/mol. The number of ether oxygens (including phenoxy) is 1. The van der Waals surface area contributed by atoms with Crippen LogP contribution in [0.2, 0.25) is 0 Å². The molecule has 0 unspecified atom stereocenters. The maximum Gasteiger partial charge on any atom is 0.279 e. The van der Waals surface area contributed by atoms with Crippen molar-refractivity contribution in [2.45, 2.75) is 38.5 Å². The van der Waals surface area contributed by atoms with Gasteiger partial charge in [-0.2, -0.15) is 0 Å². The molecule has 0 aliphatic carbocycles. The standard InChI is InChI=1S/C20H22N4O9/c25-21(26)17-9-7-15(19(13-17)23(29)30)5-1-3-11-33-12-4-2-6-16-8-10-18(22(27)28)14-20(16)24(31)32/h7-10,13-14H,1-6,11-12H2. The van der Waals surface area contributed by atoms with E-state index in [1.54, 1.807) is 0 Å². The quantitative estimate of drug-likeness (QED) is 0.218. The normalized spacial score (nSPS) is 10.7. The number of benzene rings is 2. The molecule has 0 aliphatic heterocycles. The summed E-state index contributed by atoms with van der Waals surface area (Å²) in [7, 11) is 0. The highest BCUT2D eigenvalue weighted by molar-refractivity contribution is 5.50. The van der Waals surface area contributed by atoms with E-state index < -0.39 is 19.7 Å². The molecule has 2 aromatic rings. The molecule has 33 heavy (non-hydrogen) atoms. The van der Waals surface area contributed by atoms with Gasteiger partial charge in [-0.15, -0.1) is 0 Å². The first-order chi connectivity index (χ1) is 15.7. The average molecular weight is 462 g/mol. The van der Waals surface area contributed by atoms with Gasteiger partial charge in [0.15, 0.2) is 0 Å². The van der Waals surface area contributed by atoms with Crippen LogP contribution in [0.3, 0.4) is 0 Å². The minimum atomic E-state index is -0.676. The molecule has 13 nitrogen and oxygen atoms in total. The van der Waals surface area contributed by atoms with E-state index in [1.165, 1.54) is 24.3 Å². The van der Waals surface area contributed by atoms with E-state index in [4.69, 9.17) is 4.74 Å². The Morgan fingerprint density at radius 3 is 1.30 bits per heavy atom. The van der Waals surface area contributed by atoms with Crippen LogP contribution in [-0.2, 0) is 17.6 Å². The summed E-state index contributed by atoms with van der Waals surface area (Å²) in [4.78, 5) is 41.2. The molecule has 176 valence electrons. The van der Waals surface area contributed by atoms with Gasteiger partial charge in [0.05, 0.1) is 31.8 Å². The number of nitrogens with zero attached hydrogens (tertiary/aromatic N) is 4. The van der Waals surface area contributed by atoms with Gasteiger partial charge >= 0.3 is 0 Å². The van der Waals surface area contributed by atoms with Gasteiger partial charge in [-0.25, -0.2) is 0 Å². The molecular weight excluding hydrogens is 440 g/mol. The summed E-state index contributed by atoms with van der Waals surface area (Å²) < 4.78 is 5.52. The molecule has 2 rings (SSSR count). The highest BCUT2D eigenvalue weighted by atomic mass is 16.6. The molecule has 0 saturated heterocycles. The highest BCUT2D eigenvalue weighted by Gasteiger charge is 2.20. The Balaban J connectivity index is 1.69. The Hall–Kier alpha value is -4.00. The van der Waals surface area contributed by atoms with E-state index in [2.05, 4.69) is 0 Å². The molecule has 0 spiro atoms. The monoisotopic (exact) mass is 462 g/mol. The zero-order chi connectivity index (χ0) is 24.4. The number of unbranched alkanes of at least 4 members (excludes halogenated alkanes) is 2. The Labute approximate surface area is 187 Å². The van der Waals surface area contributed by atoms with E-state index in [0.717, 1.165) is 12.1 Å². The summed E-state index contributed by atoms with van der Waals surface area (Å²) in [6, 6.07) is 7.20. The number of rotatable bonds is 14. The van der Waals surface area contributed by atoms with Crippen LogP contribution in [0.15, 0.2) is 36.4 Å². The molecule has 0 aliphatic rings. The third kappa shape index (κ3) is 7.57. The van der Waals surface area contributed by atoms with Crippen LogP contribution in [-0.4, -0.2) is 32.9 Å². The van der Waals surface area contributed by atoms with Crippen molar-refractivity contribution in [3.05, 3.63) is 88.0 Å². The summed E-state index contributed by atoms with van der Waals surface area (Å²) in [5.41, 5.74) is -0.345. The molecule has 0 radical (unpaired) electrons. The fraction of sp³-hybridized carbons (Fsp3) is 0.400. The predicted octanol–water partition coefficient (Wildman–Crippen LogP) is 4.68. The maximum atomic E-state index is 11.1. The Bertz CT molecular complexity index is 961. The topological polar surface area (TPSA) is 182 Å². The zero-order valence-electron chi connectivity index (χ0n) is 17.6. The van der Waals surface area contributed by atoms with Crippen LogP contribution in [0, 0.1) is 40.5 Å². The molecule has 0 aromatic heterocycles. The van der Waals surface area contributed by atoms with Crippen molar-refractivity contribution in [1.82, 2.24) is 0 Å². The van der Waals surface area contributed by atoms with Crippen molar-refractivity contribution < 1.29 is 24.4 Å². The zero-order valence-corrected chi connectivity index (χ0v) is 17.6. The van der Waals surface area contributed by atoms with Crippen molar-refractivity contribution in [3.63, 3.8) is 0 Å². The first-order valence-electron chi connectivity index (χ1n) is 10.1. The van der Waals surface area contributed by atoms with E-state index in [-0.39, 0.29) is 22.7 Å². The summed E-state index contributed by atoms with van der Waals surface area (Å²) in [6.45, 7) is 0.858. The third-order valence-corrected chi connectivity index (χ3v) is 4.92. The van der Waals surface area contributed by atoms with Crippen molar-refractivity contribution in [1.29, 1.82) is 0 Å². The summed E-state index contributed by atoms with van der Waals surface area (Å²) >= 11 is 0. The average Bonchev–Trinajstić information content (AvgIpc) is 2.77. The van der Waals surface area contributed by atoms with Crippen LogP contribution < -0.4 is 0 Å². The lowest BCUT2D eigenvalue weighted by Crippen LogP contribution is -2.01. The number of aryl methyl sites for hydroxylation is 2. The van der Waals surface area contributed by atoms with E-state index in [9.17, 15) is 40.5 Å². The molecule has 0 amide bonds. The van der Waals surface area contributed by atoms with E-state index in [0.29, 0.717) is 62.9 Å². The van der Waals surface area contributed by atoms with Gasteiger partial charge < -0.3 is 4.74 Å². The lowest BCUT2D eigenvalue weighted by molar-refractivity contribution is -0.394. The Kier molecular flexibility index (Phi) is 9.30. The van der Waals surface area contributed by atoms with Crippen LogP contribution in [0.4, 0.5) is 22.7 Å². The number of hydrogen-bond donors (Lipinski definition) is 0. The van der Waals surface area contributed by atoms with E-state index in [1.807, 2.05) is 0 Å². The van der Waals surface area contributed by atoms with Gasteiger partial charge in [-0.05, 0) is 50.7 Å². The minimum Gasteiger partial charge on any atom is -0.381 e. The van der Waals surface area contributed by atoms with Gasteiger partial charge in [-0.3, -0.25) is 40.5 Å². The molecule has 2 aromatic carbocycles. The molecule has 0 bridgehead atoms. The molecule has 0 saturated carbocycles. The van der Waals surface area contributed by atoms with Gasteiger partial charge in [0.2, 0.25) is 0 Å². The van der Waals surface area contributed by atoms with E-state index >= 15 is 0 Å². The first kappa shape index (κ1) is 25.3. The Morgan fingerprint density at radius 2 is 0.970 bits per heavy atom. The summed E-state index contributed by atoms with van der Waals surface area (Å²) in [6.07, 6.45) is 3.27. The van der Waals surface area contributed by atoms with Crippen molar-refractivity contribution >= 4 is 22.7 Å². The SMILES string of the molecule is O=[N+]([O-])c1ccc(CCCCOCCCCc2ccc([N+](=O)[O-])cc2[N+](=O)[O-])c([N+](=O)[O-])c1. The van der Waals surface area contributed by atoms with Gasteiger partial charge in [-0.1, -0.05) is 0 Å². The third-order valence-electron chi connectivity index (χ3n) is 4.92. The number of non-ortho nitro benzene ring substituents is 2. The largest absolute Gasteiger partial charge is 0.381 e. The lowest BCUT2D eigenvalue weighted by Gasteiger charge is -2.06. The molecule has 0 heterocycles. The van der Waals surface area contributed by atoms with Gasteiger partial charge in [0, 0.05) is 36.5 Å². The van der Waals surface area contributed by atoms with Crippen molar-refractivity contribution in [2.75, 3.05) is 13.2 Å². The van der Waals surface area contributed by atoms with Gasteiger partial charge in [0.1, 0.15) is 0 Å². The highest BCUT2D eigenvalue weighted by Crippen LogP contribution is 2.27. The number of nitro groups is 4. The fourth-order valence-electron chi connectivity index (χ4n) is 3.24. The van der Waals surface area contributed by atoms with Gasteiger partial charge in [0.25, 0.3) is 22.7 Å². The van der Waals surface area contributed by atoms with Crippen LogP contribution in [0.5, 0.6) is 0 Å². The second kappa shape index (κ2) is 12.1. The summed E-state index contributed by atoms with van der Waals surface area (Å²) in [5.74, 6) is 0. The molecule has 0 N–H and O–H groups in total. The summed E-state index contributed by atoms with van der Waals surface area (Å²) in [5, 5.41) is 43.8. The first-order valence-corrected chi connectivity index (χ1v) is 10.1.